The standard InChI is InChI=1S/C17H31NO3.Na/c1-2-3-4-5-6-7-8-9-10-13-16(19)18-14-11-12-15(18)17(20)21;/h15H,2-14H2,1H3,(H,20,21);/t15-;/m0./s1. The van der Waals surface area contributed by atoms with Crippen LogP contribution in [-0.2, 0) is 9.59 Å². The van der Waals surface area contributed by atoms with E-state index in [4.69, 9.17) is 5.11 Å². The van der Waals surface area contributed by atoms with Crippen LogP contribution in [0.25, 0.3) is 0 Å². The minimum atomic E-state index is -0.854. The summed E-state index contributed by atoms with van der Waals surface area (Å²) in [5.74, 6) is -0.823. The Labute approximate surface area is 157 Å². The van der Waals surface area contributed by atoms with Gasteiger partial charge in [0.05, 0.1) is 0 Å². The fraction of sp³-hybridized carbons (Fsp3) is 0.882. The van der Waals surface area contributed by atoms with Crippen LogP contribution in [0.5, 0.6) is 0 Å². The number of carbonyl (C=O) groups is 2. The zero-order valence-electron chi connectivity index (χ0n) is 14.5. The van der Waals surface area contributed by atoms with E-state index in [-0.39, 0.29) is 35.5 Å². The molecule has 0 spiro atoms. The summed E-state index contributed by atoms with van der Waals surface area (Å²) in [4.78, 5) is 24.6. The van der Waals surface area contributed by atoms with Crippen LogP contribution in [0.2, 0.25) is 0 Å². The third-order valence-corrected chi connectivity index (χ3v) is 4.35. The van der Waals surface area contributed by atoms with Crippen LogP contribution < -0.4 is 0 Å². The van der Waals surface area contributed by atoms with Crippen LogP contribution in [-0.4, -0.2) is 64.0 Å². The molecule has 0 aromatic heterocycles. The van der Waals surface area contributed by atoms with Crippen molar-refractivity contribution in [2.75, 3.05) is 6.54 Å². The Morgan fingerprint density at radius 1 is 1.00 bits per heavy atom. The second-order valence-corrected chi connectivity index (χ2v) is 6.16. The molecule has 1 aliphatic rings. The molecule has 0 aromatic rings. The van der Waals surface area contributed by atoms with Gasteiger partial charge in [0.25, 0.3) is 0 Å². The van der Waals surface area contributed by atoms with E-state index >= 15 is 0 Å². The molecule has 1 atom stereocenters. The van der Waals surface area contributed by atoms with Crippen LogP contribution >= 0.6 is 0 Å². The predicted octanol–water partition coefficient (Wildman–Crippen LogP) is 3.60. The van der Waals surface area contributed by atoms with Gasteiger partial charge in [-0.3, -0.25) is 4.79 Å². The van der Waals surface area contributed by atoms with Crippen molar-refractivity contribution < 1.29 is 14.7 Å². The molecule has 5 heteroatoms. The topological polar surface area (TPSA) is 57.6 Å². The maximum absolute atomic E-state index is 12.0. The van der Waals surface area contributed by atoms with Crippen LogP contribution in [0.1, 0.15) is 84.0 Å². The van der Waals surface area contributed by atoms with E-state index in [2.05, 4.69) is 6.92 Å². The molecule has 1 fully saturated rings. The summed E-state index contributed by atoms with van der Waals surface area (Å²) in [6, 6.07) is -0.573. The number of likely N-dealkylation sites (tertiary alicyclic amines) is 1. The normalized spacial score (nSPS) is 17.3. The molecule has 1 heterocycles. The second-order valence-electron chi connectivity index (χ2n) is 6.16. The van der Waals surface area contributed by atoms with E-state index in [9.17, 15) is 9.59 Å². The Kier molecular flexibility index (Phi) is 13.3. The number of unbranched alkanes of at least 4 members (excludes halogenated alkanes) is 8. The molecule has 0 saturated carbocycles. The summed E-state index contributed by atoms with van der Waals surface area (Å²) in [6.07, 6.45) is 13.0. The van der Waals surface area contributed by atoms with Gasteiger partial charge in [0.15, 0.2) is 0 Å². The van der Waals surface area contributed by atoms with Crippen molar-refractivity contribution in [2.24, 2.45) is 0 Å². The van der Waals surface area contributed by atoms with Gasteiger partial charge in [-0.2, -0.15) is 0 Å². The SMILES string of the molecule is CCCCCCCCCCCC(=O)N1CCC[C@H]1C(=O)O.[Na]. The molecule has 0 aromatic carbocycles. The first-order valence-corrected chi connectivity index (χ1v) is 8.69. The second kappa shape index (κ2) is 13.4. The minimum Gasteiger partial charge on any atom is -0.480 e. The number of nitrogens with zero attached hydrogens (tertiary/aromatic N) is 1. The Balaban J connectivity index is 0.00000441. The summed E-state index contributed by atoms with van der Waals surface area (Å²) >= 11 is 0. The van der Waals surface area contributed by atoms with E-state index in [1.807, 2.05) is 0 Å². The first-order valence-electron chi connectivity index (χ1n) is 8.69. The molecule has 0 unspecified atom stereocenters. The Bertz CT molecular complexity index is 323. The average molecular weight is 320 g/mol. The number of amides is 1. The monoisotopic (exact) mass is 320 g/mol. The van der Waals surface area contributed by atoms with Crippen molar-refractivity contribution in [1.82, 2.24) is 4.90 Å². The third-order valence-electron chi connectivity index (χ3n) is 4.35. The van der Waals surface area contributed by atoms with Crippen molar-refractivity contribution in [3.05, 3.63) is 0 Å². The summed E-state index contributed by atoms with van der Waals surface area (Å²) in [5.41, 5.74) is 0. The van der Waals surface area contributed by atoms with Crippen LogP contribution in [0.4, 0.5) is 0 Å². The molecule has 0 bridgehead atoms. The number of carboxylic acid groups (broad SMARTS) is 1. The van der Waals surface area contributed by atoms with Crippen molar-refractivity contribution in [1.29, 1.82) is 0 Å². The minimum absolute atomic E-state index is 0. The number of hydrogen-bond donors (Lipinski definition) is 1. The molecule has 4 nitrogen and oxygen atoms in total. The van der Waals surface area contributed by atoms with Gasteiger partial charge < -0.3 is 10.0 Å². The van der Waals surface area contributed by atoms with E-state index in [1.54, 1.807) is 4.90 Å². The number of carboxylic acids is 1. The predicted molar refractivity (Wildman–Crippen MR) is 90.0 cm³/mol. The Hall–Kier alpha value is -0.0600. The summed E-state index contributed by atoms with van der Waals surface area (Å²) < 4.78 is 0. The summed E-state index contributed by atoms with van der Waals surface area (Å²) in [5, 5.41) is 9.07. The van der Waals surface area contributed by atoms with E-state index in [0.29, 0.717) is 19.4 Å². The zero-order valence-corrected chi connectivity index (χ0v) is 16.5. The quantitative estimate of drug-likeness (QED) is 0.467. The van der Waals surface area contributed by atoms with Gasteiger partial charge in [0.2, 0.25) is 5.91 Å². The Morgan fingerprint density at radius 2 is 1.55 bits per heavy atom. The number of carbonyl (C=O) groups excluding carboxylic acids is 1. The molecule has 123 valence electrons. The molecule has 1 rings (SSSR count). The van der Waals surface area contributed by atoms with Gasteiger partial charge in [-0.05, 0) is 19.3 Å². The van der Waals surface area contributed by atoms with E-state index in [0.717, 1.165) is 19.3 Å². The van der Waals surface area contributed by atoms with Crippen molar-refractivity contribution in [3.63, 3.8) is 0 Å². The zero-order chi connectivity index (χ0) is 15.5. The first kappa shape index (κ1) is 21.9. The van der Waals surface area contributed by atoms with Crippen molar-refractivity contribution in [2.45, 2.75) is 90.0 Å². The maximum atomic E-state index is 12.0. The van der Waals surface area contributed by atoms with Crippen LogP contribution in [0.3, 0.4) is 0 Å². The molecular weight excluding hydrogens is 289 g/mol. The van der Waals surface area contributed by atoms with Crippen molar-refractivity contribution >= 4 is 41.4 Å². The van der Waals surface area contributed by atoms with Gasteiger partial charge in [-0.15, -0.1) is 0 Å². The van der Waals surface area contributed by atoms with Crippen LogP contribution in [0.15, 0.2) is 0 Å². The molecule has 1 N–H and O–H groups in total. The van der Waals surface area contributed by atoms with Gasteiger partial charge in [-0.25, -0.2) is 4.79 Å². The first-order chi connectivity index (χ1) is 10.2. The number of rotatable bonds is 11. The number of hydrogen-bond acceptors (Lipinski definition) is 2. The molecule has 1 radical (unpaired) electrons. The smallest absolute Gasteiger partial charge is 0.326 e. The molecule has 1 saturated heterocycles. The van der Waals surface area contributed by atoms with Gasteiger partial charge >= 0.3 is 5.97 Å². The van der Waals surface area contributed by atoms with E-state index in [1.165, 1.54) is 44.9 Å². The fourth-order valence-corrected chi connectivity index (χ4v) is 3.05. The molecule has 0 aliphatic carbocycles. The summed E-state index contributed by atoms with van der Waals surface area (Å²) in [7, 11) is 0. The van der Waals surface area contributed by atoms with Crippen LogP contribution in [0, 0.1) is 0 Å². The molecule has 1 amide bonds. The van der Waals surface area contributed by atoms with Gasteiger partial charge in [-0.1, -0.05) is 58.3 Å². The molecular formula is C17H31NNaO3. The van der Waals surface area contributed by atoms with E-state index < -0.39 is 12.0 Å². The largest absolute Gasteiger partial charge is 0.480 e. The Morgan fingerprint density at radius 3 is 2.09 bits per heavy atom. The average Bonchev–Trinajstić information content (AvgIpc) is 2.95. The molecule has 22 heavy (non-hydrogen) atoms. The maximum Gasteiger partial charge on any atom is 0.326 e. The van der Waals surface area contributed by atoms with Crippen molar-refractivity contribution in [3.8, 4) is 0 Å². The number of aliphatic carboxylic acids is 1. The third kappa shape index (κ3) is 8.54. The molecule has 1 aliphatic heterocycles. The van der Waals surface area contributed by atoms with Gasteiger partial charge in [0, 0.05) is 42.5 Å². The summed E-state index contributed by atoms with van der Waals surface area (Å²) in [6.45, 7) is 2.85. The fourth-order valence-electron chi connectivity index (χ4n) is 3.05. The van der Waals surface area contributed by atoms with Gasteiger partial charge in [0.1, 0.15) is 6.04 Å².